The van der Waals surface area contributed by atoms with E-state index in [1.54, 1.807) is 18.2 Å². The Labute approximate surface area is 146 Å². The van der Waals surface area contributed by atoms with Crippen LogP contribution in [0.3, 0.4) is 0 Å². The number of nitriles is 3. The number of hydrogen-bond donors (Lipinski definition) is 1. The molecule has 0 fully saturated rings. The van der Waals surface area contributed by atoms with Crippen molar-refractivity contribution >= 4 is 0 Å². The molecule has 0 aromatic heterocycles. The van der Waals surface area contributed by atoms with Gasteiger partial charge in [-0.1, -0.05) is 31.2 Å². The van der Waals surface area contributed by atoms with Gasteiger partial charge in [-0.3, -0.25) is 0 Å². The summed E-state index contributed by atoms with van der Waals surface area (Å²) in [4.78, 5) is 0. The van der Waals surface area contributed by atoms with Crippen molar-refractivity contribution in [2.24, 2.45) is 23.0 Å². The molecule has 0 spiro atoms. The van der Waals surface area contributed by atoms with E-state index in [0.29, 0.717) is 23.5 Å². The van der Waals surface area contributed by atoms with Crippen LogP contribution in [-0.2, 0) is 0 Å². The van der Waals surface area contributed by atoms with Crippen molar-refractivity contribution in [3.05, 3.63) is 58.6 Å². The normalized spacial score (nSPS) is 27.3. The molecule has 0 bridgehead atoms. The lowest BCUT2D eigenvalue weighted by atomic mass is 9.57. The summed E-state index contributed by atoms with van der Waals surface area (Å²) in [5.41, 5.74) is 5.58. The predicted octanol–water partition coefficient (Wildman–Crippen LogP) is 3.67. The van der Waals surface area contributed by atoms with E-state index in [9.17, 15) is 20.2 Å². The first-order valence-corrected chi connectivity index (χ1v) is 8.17. The molecular weight excluding hydrogens is 315 g/mol. The second-order valence-corrected chi connectivity index (χ2v) is 6.75. The molecule has 1 aromatic rings. The summed E-state index contributed by atoms with van der Waals surface area (Å²) in [5, 5.41) is 29.2. The molecule has 0 aliphatic heterocycles. The summed E-state index contributed by atoms with van der Waals surface area (Å²) < 4.78 is 14.5. The second-order valence-electron chi connectivity index (χ2n) is 6.75. The van der Waals surface area contributed by atoms with Gasteiger partial charge in [0.1, 0.15) is 5.82 Å². The zero-order valence-corrected chi connectivity index (χ0v) is 13.8. The second kappa shape index (κ2) is 6.08. The topological polar surface area (TPSA) is 97.4 Å². The molecule has 124 valence electrons. The number of hydrogen-bond acceptors (Lipinski definition) is 4. The van der Waals surface area contributed by atoms with Crippen molar-refractivity contribution in [2.45, 2.75) is 25.7 Å². The Bertz CT molecular complexity index is 893. The van der Waals surface area contributed by atoms with Gasteiger partial charge < -0.3 is 5.73 Å². The number of benzene rings is 1. The van der Waals surface area contributed by atoms with Crippen molar-refractivity contribution in [2.75, 3.05) is 0 Å². The highest BCUT2D eigenvalue weighted by Gasteiger charge is 2.52. The third-order valence-corrected chi connectivity index (χ3v) is 5.33. The van der Waals surface area contributed by atoms with Crippen molar-refractivity contribution in [1.82, 2.24) is 0 Å². The Morgan fingerprint density at radius 1 is 1.20 bits per heavy atom. The molecule has 2 N–H and O–H groups in total. The molecule has 0 heterocycles. The van der Waals surface area contributed by atoms with Crippen LogP contribution in [0.25, 0.3) is 0 Å². The lowest BCUT2D eigenvalue weighted by Crippen LogP contribution is -2.41. The van der Waals surface area contributed by atoms with Gasteiger partial charge in [0.2, 0.25) is 5.41 Å². The van der Waals surface area contributed by atoms with Crippen molar-refractivity contribution in [1.29, 1.82) is 15.8 Å². The first-order valence-electron chi connectivity index (χ1n) is 8.17. The highest BCUT2D eigenvalue weighted by Crippen LogP contribution is 2.55. The van der Waals surface area contributed by atoms with Crippen molar-refractivity contribution in [3.8, 4) is 18.2 Å². The molecule has 3 rings (SSSR count). The van der Waals surface area contributed by atoms with Gasteiger partial charge in [-0.15, -0.1) is 0 Å². The maximum absolute atomic E-state index is 14.5. The van der Waals surface area contributed by atoms with Crippen LogP contribution in [0.5, 0.6) is 0 Å². The lowest BCUT2D eigenvalue weighted by Gasteiger charge is -2.43. The van der Waals surface area contributed by atoms with Gasteiger partial charge in [0, 0.05) is 5.92 Å². The highest BCUT2D eigenvalue weighted by atomic mass is 19.1. The molecule has 2 aliphatic rings. The van der Waals surface area contributed by atoms with Gasteiger partial charge in [0.05, 0.1) is 29.5 Å². The summed E-state index contributed by atoms with van der Waals surface area (Å²) in [6, 6.07) is 12.4. The third kappa shape index (κ3) is 2.31. The largest absolute Gasteiger partial charge is 0.399 e. The van der Waals surface area contributed by atoms with Gasteiger partial charge in [0.15, 0.2) is 0 Å². The zero-order valence-electron chi connectivity index (χ0n) is 13.8. The van der Waals surface area contributed by atoms with Gasteiger partial charge in [-0.05, 0) is 41.9 Å². The SMILES string of the molecule is C[C@@H]1CC=C2[C@@H](C1)[C@H](c1ccccc1F)C(C#N)=C(N)C2(C#N)C#N. The van der Waals surface area contributed by atoms with Crippen molar-refractivity contribution < 1.29 is 4.39 Å². The van der Waals surface area contributed by atoms with E-state index >= 15 is 0 Å². The summed E-state index contributed by atoms with van der Waals surface area (Å²) in [7, 11) is 0. The van der Waals surface area contributed by atoms with E-state index in [1.165, 1.54) is 6.07 Å². The third-order valence-electron chi connectivity index (χ3n) is 5.33. The molecule has 1 aromatic carbocycles. The van der Waals surface area contributed by atoms with Crippen LogP contribution in [0.2, 0.25) is 0 Å². The number of allylic oxidation sites excluding steroid dienone is 3. The average Bonchev–Trinajstić information content (AvgIpc) is 2.62. The number of nitrogens with zero attached hydrogens (tertiary/aromatic N) is 3. The van der Waals surface area contributed by atoms with E-state index in [-0.39, 0.29) is 17.2 Å². The fourth-order valence-electron chi connectivity index (χ4n) is 4.11. The molecule has 5 heteroatoms. The number of fused-ring (bicyclic) bond motifs is 1. The van der Waals surface area contributed by atoms with Crippen LogP contribution < -0.4 is 5.73 Å². The zero-order chi connectivity index (χ0) is 18.2. The minimum Gasteiger partial charge on any atom is -0.399 e. The lowest BCUT2D eigenvalue weighted by molar-refractivity contribution is 0.330. The van der Waals surface area contributed by atoms with Gasteiger partial charge in [-0.25, -0.2) is 4.39 Å². The van der Waals surface area contributed by atoms with Gasteiger partial charge >= 0.3 is 0 Å². The maximum atomic E-state index is 14.5. The van der Waals surface area contributed by atoms with Crippen molar-refractivity contribution in [3.63, 3.8) is 0 Å². The van der Waals surface area contributed by atoms with E-state index < -0.39 is 17.2 Å². The van der Waals surface area contributed by atoms with Gasteiger partial charge in [-0.2, -0.15) is 15.8 Å². The minimum absolute atomic E-state index is 0.0645. The highest BCUT2D eigenvalue weighted by molar-refractivity contribution is 5.58. The van der Waals surface area contributed by atoms with Gasteiger partial charge in [0.25, 0.3) is 0 Å². The molecule has 0 amide bonds. The summed E-state index contributed by atoms with van der Waals surface area (Å²) in [6.45, 7) is 2.07. The Morgan fingerprint density at radius 2 is 1.88 bits per heavy atom. The number of halogens is 1. The van der Waals surface area contributed by atoms with Crippen LogP contribution in [-0.4, -0.2) is 0 Å². The van der Waals surface area contributed by atoms with E-state index in [4.69, 9.17) is 5.73 Å². The average molecular weight is 332 g/mol. The first kappa shape index (κ1) is 16.7. The van der Waals surface area contributed by atoms with E-state index in [0.717, 1.165) is 6.42 Å². The van der Waals surface area contributed by atoms with E-state index in [1.807, 2.05) is 18.2 Å². The molecule has 0 saturated heterocycles. The Hall–Kier alpha value is -3.10. The molecular formula is C20H17FN4. The Balaban J connectivity index is 2.35. The summed E-state index contributed by atoms with van der Waals surface area (Å²) in [5.74, 6) is -0.957. The van der Waals surface area contributed by atoms with Crippen LogP contribution in [0.15, 0.2) is 47.2 Å². The predicted molar refractivity (Wildman–Crippen MR) is 89.6 cm³/mol. The number of rotatable bonds is 1. The smallest absolute Gasteiger partial charge is 0.204 e. The Kier molecular flexibility index (Phi) is 4.07. The molecule has 25 heavy (non-hydrogen) atoms. The fourth-order valence-corrected chi connectivity index (χ4v) is 4.11. The minimum atomic E-state index is -1.64. The molecule has 3 atom stereocenters. The molecule has 0 unspecified atom stereocenters. The van der Waals surface area contributed by atoms with Crippen LogP contribution >= 0.6 is 0 Å². The van der Waals surface area contributed by atoms with Crippen LogP contribution in [0, 0.1) is 57.1 Å². The monoisotopic (exact) mass is 332 g/mol. The number of nitrogens with two attached hydrogens (primary N) is 1. The standard InChI is InChI=1S/C20H17FN4/c1-12-6-7-16-14(8-12)18(13-4-2-3-5-17(13)21)15(9-22)19(25)20(16,10-23)11-24/h2-5,7,12,14,18H,6,8,25H2,1H3/t12-,14-,18+/m1/s1. The fraction of sp³-hybridized carbons (Fsp3) is 0.350. The summed E-state index contributed by atoms with van der Waals surface area (Å²) in [6.07, 6.45) is 3.30. The Morgan fingerprint density at radius 3 is 2.48 bits per heavy atom. The quantitative estimate of drug-likeness (QED) is 0.793. The summed E-state index contributed by atoms with van der Waals surface area (Å²) >= 11 is 0. The van der Waals surface area contributed by atoms with Crippen LogP contribution in [0.4, 0.5) is 4.39 Å². The molecule has 2 aliphatic carbocycles. The van der Waals surface area contributed by atoms with E-state index in [2.05, 4.69) is 13.0 Å². The molecule has 0 saturated carbocycles. The maximum Gasteiger partial charge on any atom is 0.204 e. The van der Waals surface area contributed by atoms with Crippen LogP contribution in [0.1, 0.15) is 31.2 Å². The first-order chi connectivity index (χ1) is 12.0. The molecule has 4 nitrogen and oxygen atoms in total. The molecule has 0 radical (unpaired) electrons.